The van der Waals surface area contributed by atoms with Gasteiger partial charge in [0.05, 0.1) is 23.8 Å². The van der Waals surface area contributed by atoms with Crippen molar-refractivity contribution < 1.29 is 27.5 Å². The number of hydrazone groups is 1. The van der Waals surface area contributed by atoms with Crippen LogP contribution in [0.1, 0.15) is 33.1 Å². The summed E-state index contributed by atoms with van der Waals surface area (Å²) in [6, 6.07) is 5.56. The molecule has 0 saturated carbocycles. The van der Waals surface area contributed by atoms with Gasteiger partial charge in [0.1, 0.15) is 5.71 Å². The van der Waals surface area contributed by atoms with Crippen LogP contribution in [0.25, 0.3) is 0 Å². The molecule has 0 aliphatic heterocycles. The minimum Gasteiger partial charge on any atom is -0.466 e. The molecule has 9 nitrogen and oxygen atoms in total. The molecule has 0 aliphatic carbocycles. The molecular formula is C16H23N3O6S. The number of nitrogens with zero attached hydrogens (tertiary/aromatic N) is 1. The van der Waals surface area contributed by atoms with Crippen molar-refractivity contribution in [1.82, 2.24) is 0 Å². The summed E-state index contributed by atoms with van der Waals surface area (Å²) in [5.74, 6) is -0.938. The van der Waals surface area contributed by atoms with Crippen molar-refractivity contribution in [2.75, 3.05) is 18.6 Å². The van der Waals surface area contributed by atoms with Crippen molar-refractivity contribution in [2.45, 2.75) is 38.0 Å². The molecule has 3 N–H and O–H groups in total. The predicted molar refractivity (Wildman–Crippen MR) is 96.0 cm³/mol. The van der Waals surface area contributed by atoms with E-state index in [1.807, 2.05) is 0 Å². The molecule has 0 heterocycles. The van der Waals surface area contributed by atoms with E-state index in [4.69, 9.17) is 14.6 Å². The van der Waals surface area contributed by atoms with Gasteiger partial charge in [-0.25, -0.2) is 18.4 Å². The Labute approximate surface area is 152 Å². The second-order valence-electron chi connectivity index (χ2n) is 5.12. The zero-order valence-electron chi connectivity index (χ0n) is 14.7. The molecule has 0 aliphatic rings. The highest BCUT2D eigenvalue weighted by Gasteiger charge is 2.14. The number of hydrogen-bond donors (Lipinski definition) is 2. The van der Waals surface area contributed by atoms with E-state index in [1.165, 1.54) is 24.3 Å². The monoisotopic (exact) mass is 385 g/mol. The maximum atomic E-state index is 11.9. The molecule has 0 unspecified atom stereocenters. The van der Waals surface area contributed by atoms with Crippen LogP contribution in [0.15, 0.2) is 34.3 Å². The molecule has 0 radical (unpaired) electrons. The molecule has 0 aromatic heterocycles. The highest BCUT2D eigenvalue weighted by Crippen LogP contribution is 2.13. The maximum Gasteiger partial charge on any atom is 0.354 e. The van der Waals surface area contributed by atoms with Gasteiger partial charge in [-0.05, 0) is 51.0 Å². The molecule has 1 aromatic carbocycles. The van der Waals surface area contributed by atoms with Crippen LogP contribution in [0, 0.1) is 0 Å². The highest BCUT2D eigenvalue weighted by atomic mass is 32.2. The second kappa shape index (κ2) is 10.5. The topological polar surface area (TPSA) is 137 Å². The van der Waals surface area contributed by atoms with E-state index in [2.05, 4.69) is 10.5 Å². The van der Waals surface area contributed by atoms with Crippen LogP contribution in [0.5, 0.6) is 0 Å². The summed E-state index contributed by atoms with van der Waals surface area (Å²) in [5.41, 5.74) is 3.24. The van der Waals surface area contributed by atoms with E-state index < -0.39 is 16.0 Å². The van der Waals surface area contributed by atoms with Crippen LogP contribution in [-0.2, 0) is 29.1 Å². The van der Waals surface area contributed by atoms with E-state index in [0.717, 1.165) is 0 Å². The van der Waals surface area contributed by atoms with Gasteiger partial charge in [-0.3, -0.25) is 10.2 Å². The van der Waals surface area contributed by atoms with Crippen molar-refractivity contribution in [1.29, 1.82) is 0 Å². The van der Waals surface area contributed by atoms with Gasteiger partial charge in [-0.2, -0.15) is 5.10 Å². The number of hydrogen-bond acceptors (Lipinski definition) is 8. The van der Waals surface area contributed by atoms with Crippen molar-refractivity contribution >= 4 is 33.4 Å². The highest BCUT2D eigenvalue weighted by molar-refractivity contribution is 7.89. The zero-order valence-corrected chi connectivity index (χ0v) is 15.5. The van der Waals surface area contributed by atoms with Crippen molar-refractivity contribution in [2.24, 2.45) is 10.2 Å². The number of benzene rings is 1. The molecule has 26 heavy (non-hydrogen) atoms. The van der Waals surface area contributed by atoms with E-state index in [0.29, 0.717) is 18.7 Å². The van der Waals surface area contributed by atoms with Crippen LogP contribution in [0.2, 0.25) is 0 Å². The Bertz CT molecular complexity index is 744. The van der Waals surface area contributed by atoms with Crippen molar-refractivity contribution in [3.05, 3.63) is 24.3 Å². The lowest BCUT2D eigenvalue weighted by Crippen LogP contribution is -2.19. The number of esters is 2. The van der Waals surface area contributed by atoms with Crippen LogP contribution in [-0.4, -0.2) is 39.3 Å². The molecule has 1 aromatic rings. The summed E-state index contributed by atoms with van der Waals surface area (Å²) in [6.07, 6.45) is 0.762. The van der Waals surface area contributed by atoms with E-state index in [1.54, 1.807) is 13.8 Å². The first-order chi connectivity index (χ1) is 12.3. The van der Waals surface area contributed by atoms with Gasteiger partial charge in [0.15, 0.2) is 0 Å². The summed E-state index contributed by atoms with van der Waals surface area (Å²) in [4.78, 5) is 23.3. The standard InChI is InChI=1S/C16H23N3O6S/c1-3-24-15(20)7-5-6-14(16(21)25-4-2)19-18-12-8-10-13(11-9-12)26(17,22)23/h8-11,18H,3-7H2,1-2H3,(H2,17,22,23)/b19-14+. The predicted octanol–water partition coefficient (Wildman–Crippen LogP) is 1.40. The van der Waals surface area contributed by atoms with Gasteiger partial charge in [0.2, 0.25) is 10.0 Å². The van der Waals surface area contributed by atoms with Crippen LogP contribution >= 0.6 is 0 Å². The number of carbonyl (C=O) groups excluding carboxylic acids is 2. The van der Waals surface area contributed by atoms with Gasteiger partial charge in [0, 0.05) is 6.42 Å². The first-order valence-electron chi connectivity index (χ1n) is 8.06. The summed E-state index contributed by atoms with van der Waals surface area (Å²) in [5, 5.41) is 9.03. The van der Waals surface area contributed by atoms with E-state index in [9.17, 15) is 18.0 Å². The fraction of sp³-hybridized carbons (Fsp3) is 0.438. The maximum absolute atomic E-state index is 11.9. The largest absolute Gasteiger partial charge is 0.466 e. The summed E-state index contributed by atoms with van der Waals surface area (Å²) >= 11 is 0. The Morgan fingerprint density at radius 3 is 2.23 bits per heavy atom. The third-order valence-electron chi connectivity index (χ3n) is 3.11. The smallest absolute Gasteiger partial charge is 0.354 e. The molecule has 0 amide bonds. The Kier molecular flexibility index (Phi) is 8.73. The number of anilines is 1. The van der Waals surface area contributed by atoms with Crippen LogP contribution in [0.3, 0.4) is 0 Å². The summed E-state index contributed by atoms with van der Waals surface area (Å²) in [6.45, 7) is 3.88. The third-order valence-corrected chi connectivity index (χ3v) is 4.04. The molecule has 10 heteroatoms. The first-order valence-corrected chi connectivity index (χ1v) is 9.60. The number of primary sulfonamides is 1. The molecule has 0 saturated heterocycles. The molecule has 144 valence electrons. The van der Waals surface area contributed by atoms with Gasteiger partial charge >= 0.3 is 11.9 Å². The number of rotatable bonds is 10. The van der Waals surface area contributed by atoms with Gasteiger partial charge in [-0.15, -0.1) is 0 Å². The molecule has 0 fully saturated rings. The molecule has 0 bridgehead atoms. The fourth-order valence-electron chi connectivity index (χ4n) is 1.90. The quantitative estimate of drug-likeness (QED) is 0.353. The van der Waals surface area contributed by atoms with Gasteiger partial charge in [0.25, 0.3) is 0 Å². The summed E-state index contributed by atoms with van der Waals surface area (Å²) < 4.78 is 32.2. The average Bonchev–Trinajstić information content (AvgIpc) is 2.58. The normalized spacial score (nSPS) is 11.7. The Balaban J connectivity index is 2.76. The lowest BCUT2D eigenvalue weighted by Gasteiger charge is -2.08. The number of ether oxygens (including phenoxy) is 2. The molecule has 0 atom stereocenters. The Hall–Kier alpha value is -2.46. The molecule has 1 rings (SSSR count). The van der Waals surface area contributed by atoms with Crippen LogP contribution in [0.4, 0.5) is 5.69 Å². The molecular weight excluding hydrogens is 362 g/mol. The zero-order chi connectivity index (χ0) is 19.6. The first kappa shape index (κ1) is 21.6. The van der Waals surface area contributed by atoms with Crippen LogP contribution < -0.4 is 10.6 Å². The number of carbonyl (C=O) groups is 2. The van der Waals surface area contributed by atoms with E-state index in [-0.39, 0.29) is 36.0 Å². The SMILES string of the molecule is CCOC(=O)CCC/C(=N\Nc1ccc(S(N)(=O)=O)cc1)C(=O)OCC. The third kappa shape index (κ3) is 7.62. The number of sulfonamides is 1. The number of nitrogens with two attached hydrogens (primary N) is 1. The number of nitrogens with one attached hydrogen (secondary N) is 1. The Morgan fingerprint density at radius 2 is 1.69 bits per heavy atom. The lowest BCUT2D eigenvalue weighted by molar-refractivity contribution is -0.143. The lowest BCUT2D eigenvalue weighted by atomic mass is 10.1. The van der Waals surface area contributed by atoms with Crippen molar-refractivity contribution in [3.8, 4) is 0 Å². The second-order valence-corrected chi connectivity index (χ2v) is 6.68. The fourth-order valence-corrected chi connectivity index (χ4v) is 2.42. The van der Waals surface area contributed by atoms with E-state index >= 15 is 0 Å². The summed E-state index contributed by atoms with van der Waals surface area (Å²) in [7, 11) is -3.78. The average molecular weight is 385 g/mol. The Morgan fingerprint density at radius 1 is 1.08 bits per heavy atom. The minimum absolute atomic E-state index is 0.0351. The van der Waals surface area contributed by atoms with Gasteiger partial charge < -0.3 is 9.47 Å². The van der Waals surface area contributed by atoms with Gasteiger partial charge in [-0.1, -0.05) is 0 Å². The minimum atomic E-state index is -3.78. The molecule has 0 spiro atoms. The van der Waals surface area contributed by atoms with Crippen molar-refractivity contribution in [3.63, 3.8) is 0 Å².